The zero-order valence-electron chi connectivity index (χ0n) is 9.78. The first-order valence-electron chi connectivity index (χ1n) is 5.39. The van der Waals surface area contributed by atoms with Gasteiger partial charge >= 0.3 is 5.97 Å². The summed E-state index contributed by atoms with van der Waals surface area (Å²) in [7, 11) is 0. The standard InChI is InChI=1S/C13H9N3O2S/c14-8-10-5-6-15-13(16-10)19-11-3-1-9(2-4-11)7-12(17)18/h1-6H,7H2,(H,17,18). The van der Waals surface area contributed by atoms with Crippen LogP contribution in [0.15, 0.2) is 46.6 Å². The van der Waals surface area contributed by atoms with Gasteiger partial charge in [-0.1, -0.05) is 12.1 Å². The van der Waals surface area contributed by atoms with Crippen LogP contribution in [0.3, 0.4) is 0 Å². The highest BCUT2D eigenvalue weighted by Gasteiger charge is 2.04. The van der Waals surface area contributed by atoms with Gasteiger partial charge in [0.05, 0.1) is 6.42 Å². The Morgan fingerprint density at radius 2 is 2.05 bits per heavy atom. The van der Waals surface area contributed by atoms with Gasteiger partial charge in [0.15, 0.2) is 5.16 Å². The Labute approximate surface area is 113 Å². The second-order valence-electron chi connectivity index (χ2n) is 3.65. The minimum atomic E-state index is -0.856. The maximum atomic E-state index is 10.6. The highest BCUT2D eigenvalue weighted by Crippen LogP contribution is 2.24. The van der Waals surface area contributed by atoms with Crippen molar-refractivity contribution in [3.8, 4) is 6.07 Å². The molecule has 0 amide bonds. The lowest BCUT2D eigenvalue weighted by Crippen LogP contribution is -1.99. The summed E-state index contributed by atoms with van der Waals surface area (Å²) in [6, 6.07) is 10.6. The normalized spacial score (nSPS) is 9.84. The van der Waals surface area contributed by atoms with Crippen molar-refractivity contribution in [1.82, 2.24) is 9.97 Å². The van der Waals surface area contributed by atoms with E-state index in [-0.39, 0.29) is 6.42 Å². The fraction of sp³-hybridized carbons (Fsp3) is 0.0769. The van der Waals surface area contributed by atoms with Gasteiger partial charge in [-0.2, -0.15) is 5.26 Å². The first kappa shape index (κ1) is 13.1. The Morgan fingerprint density at radius 1 is 1.32 bits per heavy atom. The van der Waals surface area contributed by atoms with Crippen molar-refractivity contribution in [3.63, 3.8) is 0 Å². The number of carboxylic acid groups (broad SMARTS) is 1. The molecule has 94 valence electrons. The quantitative estimate of drug-likeness (QED) is 0.857. The van der Waals surface area contributed by atoms with Crippen molar-refractivity contribution in [2.75, 3.05) is 0 Å². The maximum Gasteiger partial charge on any atom is 0.307 e. The van der Waals surface area contributed by atoms with E-state index in [9.17, 15) is 4.79 Å². The Morgan fingerprint density at radius 3 is 2.68 bits per heavy atom. The van der Waals surface area contributed by atoms with Crippen LogP contribution in [0, 0.1) is 11.3 Å². The van der Waals surface area contributed by atoms with E-state index >= 15 is 0 Å². The Kier molecular flexibility index (Phi) is 4.11. The second-order valence-corrected chi connectivity index (χ2v) is 4.69. The number of nitriles is 1. The molecule has 0 atom stereocenters. The number of aromatic nitrogens is 2. The van der Waals surface area contributed by atoms with Gasteiger partial charge < -0.3 is 5.11 Å². The van der Waals surface area contributed by atoms with Crippen molar-refractivity contribution in [1.29, 1.82) is 5.26 Å². The van der Waals surface area contributed by atoms with E-state index in [2.05, 4.69) is 9.97 Å². The van der Waals surface area contributed by atoms with E-state index in [1.165, 1.54) is 18.0 Å². The van der Waals surface area contributed by atoms with Gasteiger partial charge in [0.1, 0.15) is 11.8 Å². The lowest BCUT2D eigenvalue weighted by atomic mass is 10.2. The van der Waals surface area contributed by atoms with Gasteiger partial charge in [0.2, 0.25) is 0 Å². The van der Waals surface area contributed by atoms with Crippen molar-refractivity contribution in [2.24, 2.45) is 0 Å². The molecule has 2 rings (SSSR count). The summed E-state index contributed by atoms with van der Waals surface area (Å²) in [6.07, 6.45) is 1.54. The molecule has 1 heterocycles. The van der Waals surface area contributed by atoms with Gasteiger partial charge in [-0.05, 0) is 35.5 Å². The number of carbonyl (C=O) groups is 1. The van der Waals surface area contributed by atoms with E-state index in [1.54, 1.807) is 18.2 Å². The van der Waals surface area contributed by atoms with Crippen molar-refractivity contribution in [2.45, 2.75) is 16.5 Å². The van der Waals surface area contributed by atoms with Crippen LogP contribution in [0.2, 0.25) is 0 Å². The number of aliphatic carboxylic acids is 1. The fourth-order valence-corrected chi connectivity index (χ4v) is 2.15. The second kappa shape index (κ2) is 5.98. The minimum absolute atomic E-state index is 0.00532. The van der Waals surface area contributed by atoms with Crippen LogP contribution in [0.4, 0.5) is 0 Å². The van der Waals surface area contributed by atoms with Crippen molar-refractivity contribution >= 4 is 17.7 Å². The van der Waals surface area contributed by atoms with E-state index < -0.39 is 5.97 Å². The molecule has 0 aliphatic carbocycles. The summed E-state index contributed by atoms with van der Waals surface area (Å²) in [5.74, 6) is -0.856. The molecule has 0 radical (unpaired) electrons. The molecule has 0 aliphatic rings. The van der Waals surface area contributed by atoms with Gasteiger partial charge in [0.25, 0.3) is 0 Å². The molecule has 5 nitrogen and oxygen atoms in total. The average Bonchev–Trinajstić information content (AvgIpc) is 2.41. The van der Waals surface area contributed by atoms with Crippen LogP contribution < -0.4 is 0 Å². The fourth-order valence-electron chi connectivity index (χ4n) is 1.41. The zero-order valence-corrected chi connectivity index (χ0v) is 10.6. The molecule has 0 bridgehead atoms. The molecule has 6 heteroatoms. The molecule has 1 aromatic heterocycles. The lowest BCUT2D eigenvalue weighted by Gasteiger charge is -2.01. The number of hydrogen-bond acceptors (Lipinski definition) is 5. The number of carboxylic acids is 1. The predicted molar refractivity (Wildman–Crippen MR) is 68.7 cm³/mol. The summed E-state index contributed by atoms with van der Waals surface area (Å²) in [6.45, 7) is 0. The molecule has 0 saturated carbocycles. The minimum Gasteiger partial charge on any atom is -0.481 e. The van der Waals surface area contributed by atoms with Gasteiger partial charge in [0, 0.05) is 11.1 Å². The number of rotatable bonds is 4. The van der Waals surface area contributed by atoms with Crippen LogP contribution in [0.5, 0.6) is 0 Å². The van der Waals surface area contributed by atoms with E-state index in [4.69, 9.17) is 10.4 Å². The monoisotopic (exact) mass is 271 g/mol. The number of nitrogens with zero attached hydrogens (tertiary/aromatic N) is 3. The molecule has 1 aromatic carbocycles. The smallest absolute Gasteiger partial charge is 0.307 e. The van der Waals surface area contributed by atoms with Crippen molar-refractivity contribution in [3.05, 3.63) is 47.8 Å². The topological polar surface area (TPSA) is 86.9 Å². The first-order valence-corrected chi connectivity index (χ1v) is 6.21. The van der Waals surface area contributed by atoms with Crippen LogP contribution in [0.1, 0.15) is 11.3 Å². The zero-order chi connectivity index (χ0) is 13.7. The molecule has 0 saturated heterocycles. The molecule has 1 N–H and O–H groups in total. The Bertz CT molecular complexity index is 635. The maximum absolute atomic E-state index is 10.6. The summed E-state index contributed by atoms with van der Waals surface area (Å²) < 4.78 is 0. The van der Waals surface area contributed by atoms with E-state index in [0.717, 1.165) is 10.5 Å². The molecule has 0 fully saturated rings. The Hall–Kier alpha value is -2.39. The highest BCUT2D eigenvalue weighted by molar-refractivity contribution is 7.99. The van der Waals surface area contributed by atoms with E-state index in [1.807, 2.05) is 18.2 Å². The summed E-state index contributed by atoms with van der Waals surface area (Å²) in [5.41, 5.74) is 1.06. The molecule has 19 heavy (non-hydrogen) atoms. The summed E-state index contributed by atoms with van der Waals surface area (Å²) in [4.78, 5) is 19.6. The average molecular weight is 271 g/mol. The van der Waals surface area contributed by atoms with Gasteiger partial charge in [-0.25, -0.2) is 9.97 Å². The SMILES string of the molecule is N#Cc1ccnc(Sc2ccc(CC(=O)O)cc2)n1. The molecule has 0 aliphatic heterocycles. The molecule has 0 unspecified atom stereocenters. The number of hydrogen-bond donors (Lipinski definition) is 1. The molecular weight excluding hydrogens is 262 g/mol. The first-order chi connectivity index (χ1) is 9.17. The summed E-state index contributed by atoms with van der Waals surface area (Å²) >= 11 is 1.32. The van der Waals surface area contributed by atoms with E-state index in [0.29, 0.717) is 10.9 Å². The summed E-state index contributed by atoms with van der Waals surface area (Å²) in [5, 5.41) is 17.9. The molecular formula is C13H9N3O2S. The Balaban J connectivity index is 2.11. The largest absolute Gasteiger partial charge is 0.481 e. The third-order valence-corrected chi connectivity index (χ3v) is 3.12. The third kappa shape index (κ3) is 3.79. The van der Waals surface area contributed by atoms with Crippen LogP contribution in [0.25, 0.3) is 0 Å². The van der Waals surface area contributed by atoms with Crippen LogP contribution in [-0.2, 0) is 11.2 Å². The van der Waals surface area contributed by atoms with Gasteiger partial charge in [-0.3, -0.25) is 4.79 Å². The van der Waals surface area contributed by atoms with Crippen LogP contribution >= 0.6 is 11.8 Å². The van der Waals surface area contributed by atoms with Crippen molar-refractivity contribution < 1.29 is 9.90 Å². The molecule has 0 spiro atoms. The third-order valence-electron chi connectivity index (χ3n) is 2.24. The van der Waals surface area contributed by atoms with Gasteiger partial charge in [-0.15, -0.1) is 0 Å². The molecule has 2 aromatic rings. The predicted octanol–water partition coefficient (Wildman–Crippen LogP) is 2.13. The lowest BCUT2D eigenvalue weighted by molar-refractivity contribution is -0.136. The van der Waals surface area contributed by atoms with Crippen LogP contribution in [-0.4, -0.2) is 21.0 Å². The highest BCUT2D eigenvalue weighted by atomic mass is 32.2. The number of benzene rings is 1.